The van der Waals surface area contributed by atoms with Gasteiger partial charge in [-0.1, -0.05) is 0 Å². The zero-order chi connectivity index (χ0) is 12.7. The van der Waals surface area contributed by atoms with E-state index in [9.17, 15) is 9.90 Å². The van der Waals surface area contributed by atoms with Crippen molar-refractivity contribution < 1.29 is 14.6 Å². The van der Waals surface area contributed by atoms with Crippen molar-refractivity contribution in [2.45, 2.75) is 32.8 Å². The van der Waals surface area contributed by atoms with Crippen LogP contribution in [0.1, 0.15) is 38.5 Å². The minimum atomic E-state index is -0.602. The third-order valence-electron chi connectivity index (χ3n) is 2.09. The van der Waals surface area contributed by atoms with E-state index in [2.05, 4.69) is 10.3 Å². The first-order valence-corrected chi connectivity index (χ1v) is 6.52. The van der Waals surface area contributed by atoms with E-state index in [4.69, 9.17) is 4.74 Å². The van der Waals surface area contributed by atoms with E-state index in [1.807, 2.05) is 6.92 Å². The van der Waals surface area contributed by atoms with Crippen LogP contribution in [0.25, 0.3) is 0 Å². The monoisotopic (exact) mass is 258 g/mol. The van der Waals surface area contributed by atoms with Gasteiger partial charge >= 0.3 is 0 Å². The Labute approximate surface area is 105 Å². The van der Waals surface area contributed by atoms with Crippen LogP contribution in [0.4, 0.5) is 5.13 Å². The fourth-order valence-corrected chi connectivity index (χ4v) is 2.01. The largest absolute Gasteiger partial charge is 0.387 e. The van der Waals surface area contributed by atoms with Crippen molar-refractivity contribution in [3.8, 4) is 0 Å². The Balaban J connectivity index is 2.29. The van der Waals surface area contributed by atoms with Crippen LogP contribution in [0.15, 0.2) is 5.38 Å². The van der Waals surface area contributed by atoms with Crippen LogP contribution >= 0.6 is 11.3 Å². The van der Waals surface area contributed by atoms with Crippen molar-refractivity contribution in [3.05, 3.63) is 11.1 Å². The molecule has 0 fully saturated rings. The van der Waals surface area contributed by atoms with Gasteiger partial charge < -0.3 is 15.2 Å². The van der Waals surface area contributed by atoms with Gasteiger partial charge in [-0.15, -0.1) is 11.3 Å². The van der Waals surface area contributed by atoms with Crippen LogP contribution in [0.3, 0.4) is 0 Å². The lowest BCUT2D eigenvalue weighted by Gasteiger charge is -2.02. The summed E-state index contributed by atoms with van der Waals surface area (Å²) in [6.07, 6.45) is 0.521. The third-order valence-corrected chi connectivity index (χ3v) is 2.87. The van der Waals surface area contributed by atoms with Crippen molar-refractivity contribution in [1.29, 1.82) is 0 Å². The number of rotatable bonds is 7. The molecule has 0 aliphatic heterocycles. The van der Waals surface area contributed by atoms with Crippen molar-refractivity contribution in [2.24, 2.45) is 0 Å². The van der Waals surface area contributed by atoms with Gasteiger partial charge in [-0.05, 0) is 20.3 Å². The number of aromatic nitrogens is 1. The Morgan fingerprint density at radius 3 is 3.06 bits per heavy atom. The van der Waals surface area contributed by atoms with Crippen LogP contribution in [0.2, 0.25) is 0 Å². The molecular weight excluding hydrogens is 240 g/mol. The second kappa shape index (κ2) is 7.37. The molecule has 0 bridgehead atoms. The summed E-state index contributed by atoms with van der Waals surface area (Å²) in [7, 11) is 0. The zero-order valence-electron chi connectivity index (χ0n) is 10.1. The van der Waals surface area contributed by atoms with Gasteiger partial charge in [0.15, 0.2) is 5.13 Å². The van der Waals surface area contributed by atoms with E-state index in [1.54, 1.807) is 12.3 Å². The molecule has 0 aromatic carbocycles. The first kappa shape index (κ1) is 14.1. The molecule has 1 aromatic rings. The molecule has 17 heavy (non-hydrogen) atoms. The molecule has 0 aliphatic rings. The van der Waals surface area contributed by atoms with Crippen LogP contribution in [0, 0.1) is 0 Å². The Hall–Kier alpha value is -0.980. The Kier molecular flexibility index (Phi) is 6.10. The van der Waals surface area contributed by atoms with E-state index in [0.717, 1.165) is 0 Å². The SMILES string of the molecule is CCOCCCC(=O)Nc1nc(C(C)O)cs1. The molecule has 0 saturated heterocycles. The second-order valence-corrected chi connectivity index (χ2v) is 4.46. The number of hydrogen-bond donors (Lipinski definition) is 2. The maximum atomic E-state index is 11.5. The molecule has 1 rings (SSSR count). The lowest BCUT2D eigenvalue weighted by atomic mass is 10.3. The highest BCUT2D eigenvalue weighted by molar-refractivity contribution is 7.13. The second-order valence-electron chi connectivity index (χ2n) is 3.60. The average molecular weight is 258 g/mol. The summed E-state index contributed by atoms with van der Waals surface area (Å²) in [5.74, 6) is -0.0730. The molecule has 0 aliphatic carbocycles. The summed E-state index contributed by atoms with van der Waals surface area (Å²) < 4.78 is 5.14. The number of aliphatic hydroxyl groups is 1. The first-order chi connectivity index (χ1) is 8.13. The quantitative estimate of drug-likeness (QED) is 0.733. The number of hydrogen-bond acceptors (Lipinski definition) is 5. The molecule has 1 heterocycles. The molecule has 96 valence electrons. The molecular formula is C11H18N2O3S. The van der Waals surface area contributed by atoms with Crippen LogP contribution in [-0.2, 0) is 9.53 Å². The Morgan fingerprint density at radius 1 is 1.71 bits per heavy atom. The number of carbonyl (C=O) groups excluding carboxylic acids is 1. The highest BCUT2D eigenvalue weighted by atomic mass is 32.1. The van der Waals surface area contributed by atoms with Gasteiger partial charge in [0.2, 0.25) is 5.91 Å². The van der Waals surface area contributed by atoms with Gasteiger partial charge in [-0.2, -0.15) is 0 Å². The van der Waals surface area contributed by atoms with E-state index >= 15 is 0 Å². The van der Waals surface area contributed by atoms with Crippen molar-refractivity contribution in [1.82, 2.24) is 4.98 Å². The normalized spacial score (nSPS) is 12.4. The third kappa shape index (κ3) is 5.25. The van der Waals surface area contributed by atoms with E-state index < -0.39 is 6.10 Å². The topological polar surface area (TPSA) is 71.5 Å². The van der Waals surface area contributed by atoms with Gasteiger partial charge in [0.25, 0.3) is 0 Å². The van der Waals surface area contributed by atoms with Gasteiger partial charge in [-0.25, -0.2) is 4.98 Å². The standard InChI is InChI=1S/C11H18N2O3S/c1-3-16-6-4-5-10(15)13-11-12-9(7-17-11)8(2)14/h7-8,14H,3-6H2,1-2H3,(H,12,13,15). The average Bonchev–Trinajstić information content (AvgIpc) is 2.73. The molecule has 2 N–H and O–H groups in total. The number of thiazole rings is 1. The summed E-state index contributed by atoms with van der Waals surface area (Å²) in [5, 5.41) is 14.2. The molecule has 1 unspecified atom stereocenters. The first-order valence-electron chi connectivity index (χ1n) is 5.64. The predicted octanol–water partition coefficient (Wildman–Crippen LogP) is 1.95. The van der Waals surface area contributed by atoms with Gasteiger partial charge in [-0.3, -0.25) is 4.79 Å². The number of carbonyl (C=O) groups is 1. The van der Waals surface area contributed by atoms with Gasteiger partial charge in [0.1, 0.15) is 0 Å². The number of nitrogens with zero attached hydrogens (tertiary/aromatic N) is 1. The highest BCUT2D eigenvalue weighted by Crippen LogP contribution is 2.20. The summed E-state index contributed by atoms with van der Waals surface area (Å²) in [6.45, 7) is 4.84. The van der Waals surface area contributed by atoms with Gasteiger partial charge in [0.05, 0.1) is 11.8 Å². The maximum absolute atomic E-state index is 11.5. The molecule has 0 spiro atoms. The number of anilines is 1. The molecule has 6 heteroatoms. The summed E-state index contributed by atoms with van der Waals surface area (Å²) >= 11 is 1.32. The van der Waals surface area contributed by atoms with E-state index in [-0.39, 0.29) is 5.91 Å². The van der Waals surface area contributed by atoms with Crippen molar-refractivity contribution in [2.75, 3.05) is 18.5 Å². The lowest BCUT2D eigenvalue weighted by molar-refractivity contribution is -0.116. The highest BCUT2D eigenvalue weighted by Gasteiger charge is 2.09. The predicted molar refractivity (Wildman–Crippen MR) is 67.1 cm³/mol. The molecule has 5 nitrogen and oxygen atoms in total. The van der Waals surface area contributed by atoms with Crippen LogP contribution in [-0.4, -0.2) is 29.2 Å². The van der Waals surface area contributed by atoms with Crippen molar-refractivity contribution in [3.63, 3.8) is 0 Å². The Morgan fingerprint density at radius 2 is 2.47 bits per heavy atom. The summed E-state index contributed by atoms with van der Waals surface area (Å²) in [6, 6.07) is 0. The molecule has 1 amide bonds. The number of aliphatic hydroxyl groups excluding tert-OH is 1. The molecule has 1 atom stereocenters. The summed E-state index contributed by atoms with van der Waals surface area (Å²) in [4.78, 5) is 15.6. The molecule has 0 radical (unpaired) electrons. The van der Waals surface area contributed by atoms with Crippen LogP contribution in [0.5, 0.6) is 0 Å². The molecule has 0 saturated carbocycles. The number of amides is 1. The number of ether oxygens (including phenoxy) is 1. The van der Waals surface area contributed by atoms with Gasteiger partial charge in [0, 0.05) is 25.0 Å². The maximum Gasteiger partial charge on any atom is 0.226 e. The fraction of sp³-hybridized carbons (Fsp3) is 0.636. The summed E-state index contributed by atoms with van der Waals surface area (Å²) in [5.41, 5.74) is 0.583. The number of nitrogens with one attached hydrogen (secondary N) is 1. The fourth-order valence-electron chi connectivity index (χ4n) is 1.20. The Bertz CT molecular complexity index is 352. The smallest absolute Gasteiger partial charge is 0.226 e. The van der Waals surface area contributed by atoms with E-state index in [1.165, 1.54) is 11.3 Å². The molecule has 1 aromatic heterocycles. The minimum absolute atomic E-state index is 0.0730. The van der Waals surface area contributed by atoms with Crippen molar-refractivity contribution >= 4 is 22.4 Å². The van der Waals surface area contributed by atoms with Crippen LogP contribution < -0.4 is 5.32 Å². The minimum Gasteiger partial charge on any atom is -0.387 e. The lowest BCUT2D eigenvalue weighted by Crippen LogP contribution is -2.12. The zero-order valence-corrected chi connectivity index (χ0v) is 10.9. The van der Waals surface area contributed by atoms with E-state index in [0.29, 0.717) is 36.9 Å².